The lowest BCUT2D eigenvalue weighted by molar-refractivity contribution is 0.141. The number of benzene rings is 1. The maximum Gasteiger partial charge on any atom is 0.0793 e. The summed E-state index contributed by atoms with van der Waals surface area (Å²) in [7, 11) is 0. The van der Waals surface area contributed by atoms with Crippen molar-refractivity contribution in [2.24, 2.45) is 0 Å². The second-order valence-electron chi connectivity index (χ2n) is 4.94. The molecule has 0 spiro atoms. The third-order valence-electron chi connectivity index (χ3n) is 3.38. The summed E-state index contributed by atoms with van der Waals surface area (Å²) in [5.41, 5.74) is 1.80. The smallest absolute Gasteiger partial charge is 0.0793 e. The van der Waals surface area contributed by atoms with Crippen LogP contribution in [-0.4, -0.2) is 10.2 Å². The van der Waals surface area contributed by atoms with Gasteiger partial charge in [-0.2, -0.15) is 0 Å². The van der Waals surface area contributed by atoms with E-state index in [-0.39, 0.29) is 0 Å². The van der Waals surface area contributed by atoms with Gasteiger partial charge in [0.1, 0.15) is 0 Å². The molecule has 1 rings (SSSR count). The highest BCUT2D eigenvalue weighted by Crippen LogP contribution is 2.29. The number of hydrogen-bond donors (Lipinski definition) is 2. The first-order valence-electron chi connectivity index (χ1n) is 7.15. The molecule has 18 heavy (non-hydrogen) atoms. The van der Waals surface area contributed by atoms with E-state index in [1.54, 1.807) is 0 Å². The number of aliphatic hydroxyl groups is 2. The van der Waals surface area contributed by atoms with Crippen LogP contribution in [-0.2, 0) is 0 Å². The molecule has 0 amide bonds. The number of hydrogen-bond acceptors (Lipinski definition) is 2. The number of rotatable bonds is 8. The van der Waals surface area contributed by atoms with E-state index in [0.29, 0.717) is 0 Å². The van der Waals surface area contributed by atoms with Crippen molar-refractivity contribution in [3.8, 4) is 0 Å². The Morgan fingerprint density at radius 2 is 1.22 bits per heavy atom. The van der Waals surface area contributed by atoms with E-state index in [2.05, 4.69) is 13.8 Å². The normalized spacial score (nSPS) is 14.4. The zero-order valence-corrected chi connectivity index (χ0v) is 11.6. The Bertz CT molecular complexity index is 303. The minimum atomic E-state index is -0.447. The molecule has 2 nitrogen and oxygen atoms in total. The summed E-state index contributed by atoms with van der Waals surface area (Å²) in [6.45, 7) is 4.24. The lowest BCUT2D eigenvalue weighted by Crippen LogP contribution is -2.06. The van der Waals surface area contributed by atoms with Crippen LogP contribution in [0.4, 0.5) is 0 Å². The van der Waals surface area contributed by atoms with E-state index in [1.165, 1.54) is 0 Å². The molecule has 0 saturated carbocycles. The van der Waals surface area contributed by atoms with Crippen molar-refractivity contribution in [1.82, 2.24) is 0 Å². The fourth-order valence-electron chi connectivity index (χ4n) is 2.22. The summed E-state index contributed by atoms with van der Waals surface area (Å²) in [4.78, 5) is 0. The predicted molar refractivity (Wildman–Crippen MR) is 75.4 cm³/mol. The van der Waals surface area contributed by atoms with Gasteiger partial charge in [0, 0.05) is 0 Å². The van der Waals surface area contributed by atoms with Crippen LogP contribution in [0, 0.1) is 0 Å². The molecular formula is C16H26O2. The maximum absolute atomic E-state index is 10.2. The van der Waals surface area contributed by atoms with Crippen molar-refractivity contribution in [2.75, 3.05) is 0 Å². The fourth-order valence-corrected chi connectivity index (χ4v) is 2.22. The largest absolute Gasteiger partial charge is 0.388 e. The molecule has 0 aliphatic heterocycles. The molecule has 2 unspecified atom stereocenters. The molecule has 0 saturated heterocycles. The highest BCUT2D eigenvalue weighted by molar-refractivity contribution is 5.30. The summed E-state index contributed by atoms with van der Waals surface area (Å²) in [6, 6.07) is 7.73. The summed E-state index contributed by atoms with van der Waals surface area (Å²) < 4.78 is 0. The molecule has 0 aliphatic carbocycles. The van der Waals surface area contributed by atoms with Crippen LogP contribution in [0.15, 0.2) is 24.3 Å². The molecule has 2 atom stereocenters. The second-order valence-corrected chi connectivity index (χ2v) is 4.94. The van der Waals surface area contributed by atoms with E-state index in [0.717, 1.165) is 49.7 Å². The van der Waals surface area contributed by atoms with E-state index in [4.69, 9.17) is 0 Å². The lowest BCUT2D eigenvalue weighted by atomic mass is 9.93. The van der Waals surface area contributed by atoms with Crippen LogP contribution in [0.5, 0.6) is 0 Å². The average Bonchev–Trinajstić information content (AvgIpc) is 2.42. The van der Waals surface area contributed by atoms with Crippen molar-refractivity contribution in [2.45, 2.75) is 64.6 Å². The third kappa shape index (κ3) is 4.43. The Morgan fingerprint density at radius 3 is 1.56 bits per heavy atom. The van der Waals surface area contributed by atoms with Crippen LogP contribution >= 0.6 is 0 Å². The van der Waals surface area contributed by atoms with Gasteiger partial charge in [0.25, 0.3) is 0 Å². The van der Waals surface area contributed by atoms with E-state index in [1.807, 2.05) is 24.3 Å². The van der Waals surface area contributed by atoms with Gasteiger partial charge in [0.15, 0.2) is 0 Å². The van der Waals surface area contributed by atoms with Crippen molar-refractivity contribution in [3.05, 3.63) is 35.4 Å². The van der Waals surface area contributed by atoms with Crippen molar-refractivity contribution in [1.29, 1.82) is 0 Å². The van der Waals surface area contributed by atoms with Crippen LogP contribution in [0.2, 0.25) is 0 Å². The average molecular weight is 250 g/mol. The van der Waals surface area contributed by atoms with Gasteiger partial charge in [-0.25, -0.2) is 0 Å². The first-order chi connectivity index (χ1) is 8.70. The van der Waals surface area contributed by atoms with Crippen LogP contribution in [0.3, 0.4) is 0 Å². The van der Waals surface area contributed by atoms with Gasteiger partial charge in [-0.3, -0.25) is 0 Å². The minimum Gasteiger partial charge on any atom is -0.388 e. The van der Waals surface area contributed by atoms with Crippen LogP contribution < -0.4 is 0 Å². The Morgan fingerprint density at radius 1 is 0.833 bits per heavy atom. The Hall–Kier alpha value is -0.860. The molecule has 1 aromatic rings. The lowest BCUT2D eigenvalue weighted by Gasteiger charge is -2.19. The number of unbranched alkanes of at least 4 members (excludes halogenated alkanes) is 2. The Balaban J connectivity index is 2.77. The quantitative estimate of drug-likeness (QED) is 0.728. The highest BCUT2D eigenvalue weighted by Gasteiger charge is 2.16. The topological polar surface area (TPSA) is 40.5 Å². The zero-order chi connectivity index (χ0) is 13.4. The van der Waals surface area contributed by atoms with E-state index >= 15 is 0 Å². The van der Waals surface area contributed by atoms with Crippen LogP contribution in [0.25, 0.3) is 0 Å². The first-order valence-corrected chi connectivity index (χ1v) is 7.15. The first kappa shape index (κ1) is 15.2. The van der Waals surface area contributed by atoms with Gasteiger partial charge in [0.05, 0.1) is 12.2 Å². The summed E-state index contributed by atoms with van der Waals surface area (Å²) in [5.74, 6) is 0. The molecule has 0 heterocycles. The van der Waals surface area contributed by atoms with Gasteiger partial charge >= 0.3 is 0 Å². The number of aliphatic hydroxyl groups excluding tert-OH is 2. The maximum atomic E-state index is 10.2. The Kier molecular flexibility index (Phi) is 6.99. The van der Waals surface area contributed by atoms with Gasteiger partial charge in [0.2, 0.25) is 0 Å². The van der Waals surface area contributed by atoms with Crippen molar-refractivity contribution < 1.29 is 10.2 Å². The monoisotopic (exact) mass is 250 g/mol. The van der Waals surface area contributed by atoms with Gasteiger partial charge < -0.3 is 10.2 Å². The van der Waals surface area contributed by atoms with E-state index in [9.17, 15) is 10.2 Å². The third-order valence-corrected chi connectivity index (χ3v) is 3.38. The Labute approximate surface area is 111 Å². The summed E-state index contributed by atoms with van der Waals surface area (Å²) in [5, 5.41) is 20.4. The van der Waals surface area contributed by atoms with Gasteiger partial charge in [-0.15, -0.1) is 0 Å². The molecule has 0 fully saturated rings. The van der Waals surface area contributed by atoms with Gasteiger partial charge in [-0.1, -0.05) is 63.8 Å². The van der Waals surface area contributed by atoms with E-state index < -0.39 is 12.2 Å². The summed E-state index contributed by atoms with van der Waals surface area (Å²) in [6.07, 6.45) is 4.84. The van der Waals surface area contributed by atoms with Crippen molar-refractivity contribution >= 4 is 0 Å². The highest BCUT2D eigenvalue weighted by atomic mass is 16.3. The SMILES string of the molecule is CCCCC(O)c1ccccc1C(O)CCCC. The molecule has 0 aliphatic rings. The minimum absolute atomic E-state index is 0.447. The molecule has 0 radical (unpaired) electrons. The fraction of sp³-hybridized carbons (Fsp3) is 0.625. The second kappa shape index (κ2) is 8.28. The summed E-state index contributed by atoms with van der Waals surface area (Å²) >= 11 is 0. The predicted octanol–water partition coefficient (Wildman–Crippen LogP) is 4.13. The van der Waals surface area contributed by atoms with Gasteiger partial charge in [-0.05, 0) is 24.0 Å². The zero-order valence-electron chi connectivity index (χ0n) is 11.6. The van der Waals surface area contributed by atoms with Crippen LogP contribution in [0.1, 0.15) is 75.7 Å². The molecule has 1 aromatic carbocycles. The molecule has 0 aromatic heterocycles. The molecule has 102 valence electrons. The molecule has 2 heteroatoms. The molecular weight excluding hydrogens is 224 g/mol. The van der Waals surface area contributed by atoms with Crippen molar-refractivity contribution in [3.63, 3.8) is 0 Å². The standard InChI is InChI=1S/C16H26O2/c1-3-5-11-15(17)13-9-7-8-10-14(13)16(18)12-6-4-2/h7-10,15-18H,3-6,11-12H2,1-2H3. The molecule has 0 bridgehead atoms. The molecule has 2 N–H and O–H groups in total.